The van der Waals surface area contributed by atoms with Gasteiger partial charge < -0.3 is 15.4 Å². The van der Waals surface area contributed by atoms with E-state index in [1.165, 1.54) is 0 Å². The largest absolute Gasteiger partial charge is 0.490 e. The lowest BCUT2D eigenvalue weighted by Crippen LogP contribution is -2.28. The number of nitrogens with one attached hydrogen (secondary N) is 2. The van der Waals surface area contributed by atoms with E-state index in [2.05, 4.69) is 21.5 Å². The third-order valence-electron chi connectivity index (χ3n) is 4.58. The van der Waals surface area contributed by atoms with Gasteiger partial charge in [-0.05, 0) is 38.1 Å². The topological polar surface area (TPSA) is 123 Å². The molecule has 3 N–H and O–H groups in total. The number of aromatic nitrogens is 3. The predicted molar refractivity (Wildman–Crippen MR) is 96.6 cm³/mol. The van der Waals surface area contributed by atoms with Gasteiger partial charge in [0.25, 0.3) is 5.56 Å². The number of nitrogens with zero attached hydrogens (tertiary/aromatic N) is 3. The highest BCUT2D eigenvalue weighted by Gasteiger charge is 2.38. The van der Waals surface area contributed by atoms with Crippen LogP contribution in [-0.4, -0.2) is 44.9 Å². The van der Waals surface area contributed by atoms with E-state index in [4.69, 9.17) is 9.90 Å². The van der Waals surface area contributed by atoms with Crippen LogP contribution in [0, 0.1) is 11.3 Å². The minimum absolute atomic E-state index is 0.143. The first-order chi connectivity index (χ1) is 13.7. The van der Waals surface area contributed by atoms with E-state index >= 15 is 0 Å². The minimum Gasteiger partial charge on any atom is -0.475 e. The monoisotopic (exact) mass is 407 g/mol. The molecule has 1 aliphatic heterocycles. The molecule has 0 amide bonds. The number of hydrogen-bond donors (Lipinski definition) is 3. The van der Waals surface area contributed by atoms with Gasteiger partial charge in [-0.2, -0.15) is 23.5 Å². The number of rotatable bonds is 1. The average molecular weight is 407 g/mol. The van der Waals surface area contributed by atoms with E-state index in [9.17, 15) is 23.2 Å². The zero-order chi connectivity index (χ0) is 21.2. The molecule has 0 atom stereocenters. The number of carboxylic acid groups (broad SMARTS) is 1. The van der Waals surface area contributed by atoms with Crippen LogP contribution in [0.3, 0.4) is 0 Å². The number of halogens is 3. The number of fused-ring (bicyclic) bond motifs is 3. The van der Waals surface area contributed by atoms with Crippen molar-refractivity contribution in [2.45, 2.75) is 24.9 Å². The molecule has 3 aromatic rings. The second-order valence-electron chi connectivity index (χ2n) is 6.46. The van der Waals surface area contributed by atoms with Crippen LogP contribution in [0.5, 0.6) is 0 Å². The Morgan fingerprint density at radius 1 is 1.31 bits per heavy atom. The van der Waals surface area contributed by atoms with Crippen LogP contribution in [-0.2, 0) is 4.79 Å². The van der Waals surface area contributed by atoms with E-state index in [-0.39, 0.29) is 5.56 Å². The van der Waals surface area contributed by atoms with Gasteiger partial charge in [-0.25, -0.2) is 9.31 Å². The molecule has 1 aromatic carbocycles. The van der Waals surface area contributed by atoms with Gasteiger partial charge in [0.1, 0.15) is 5.65 Å². The number of piperidine rings is 1. The fourth-order valence-electron chi connectivity index (χ4n) is 3.29. The summed E-state index contributed by atoms with van der Waals surface area (Å²) in [5.74, 6) is -2.45. The van der Waals surface area contributed by atoms with Crippen LogP contribution in [0.15, 0.2) is 29.1 Å². The average Bonchev–Trinajstić information content (AvgIpc) is 3.06. The molecule has 1 fully saturated rings. The summed E-state index contributed by atoms with van der Waals surface area (Å²) < 4.78 is 33.5. The molecule has 8 nitrogen and oxygen atoms in total. The second kappa shape index (κ2) is 7.92. The van der Waals surface area contributed by atoms with Crippen LogP contribution in [0.1, 0.15) is 30.0 Å². The number of aromatic amines is 1. The Hall–Kier alpha value is -3.39. The molecule has 1 aliphatic rings. The molecule has 0 spiro atoms. The first kappa shape index (κ1) is 20.3. The lowest BCUT2D eigenvalue weighted by atomic mass is 9.94. The van der Waals surface area contributed by atoms with Gasteiger partial charge in [-0.1, -0.05) is 6.07 Å². The molecule has 152 valence electrons. The summed E-state index contributed by atoms with van der Waals surface area (Å²) in [5, 5.41) is 25.1. The second-order valence-corrected chi connectivity index (χ2v) is 6.46. The number of carbonyl (C=O) groups is 1. The number of hydrogen-bond acceptors (Lipinski definition) is 5. The fraction of sp³-hybridized carbons (Fsp3) is 0.333. The Kier molecular flexibility index (Phi) is 5.56. The van der Waals surface area contributed by atoms with E-state index in [1.54, 1.807) is 12.1 Å². The van der Waals surface area contributed by atoms with Crippen LogP contribution >= 0.6 is 0 Å². The molecule has 0 saturated carbocycles. The Balaban J connectivity index is 0.000000298. The Morgan fingerprint density at radius 3 is 2.55 bits per heavy atom. The molecule has 0 aliphatic carbocycles. The normalized spacial score (nSPS) is 15.0. The SMILES string of the molecule is N#Cc1cccc2nn3c(C4CCNCC4)cc(=O)[nH]c3c12.O=C(O)C(F)(F)F. The van der Waals surface area contributed by atoms with Gasteiger partial charge in [0.15, 0.2) is 0 Å². The summed E-state index contributed by atoms with van der Waals surface area (Å²) in [5.41, 5.74) is 2.67. The van der Waals surface area contributed by atoms with Crippen LogP contribution in [0.2, 0.25) is 0 Å². The van der Waals surface area contributed by atoms with Crippen LogP contribution in [0.4, 0.5) is 13.2 Å². The van der Waals surface area contributed by atoms with Crippen molar-refractivity contribution in [3.8, 4) is 6.07 Å². The molecule has 1 saturated heterocycles. The van der Waals surface area contributed by atoms with Gasteiger partial charge in [0, 0.05) is 12.0 Å². The predicted octanol–water partition coefficient (Wildman–Crippen LogP) is 2.15. The highest BCUT2D eigenvalue weighted by Crippen LogP contribution is 2.28. The van der Waals surface area contributed by atoms with E-state index < -0.39 is 12.1 Å². The number of carboxylic acids is 1. The smallest absolute Gasteiger partial charge is 0.475 e. The standard InChI is InChI=1S/C16H15N5O.C2HF3O2/c17-9-11-2-1-3-12-15(11)16-19-14(22)8-13(21(16)20-12)10-4-6-18-7-5-10;3-2(4,5)1(6)7/h1-3,8,10,18H,4-7H2,(H,19,22);(H,6,7). The number of aliphatic carboxylic acids is 1. The van der Waals surface area contributed by atoms with Crippen molar-refractivity contribution in [1.29, 1.82) is 5.26 Å². The third-order valence-corrected chi connectivity index (χ3v) is 4.58. The van der Waals surface area contributed by atoms with E-state index in [1.807, 2.05) is 16.6 Å². The molecule has 29 heavy (non-hydrogen) atoms. The molecule has 2 aromatic heterocycles. The minimum atomic E-state index is -5.08. The van der Waals surface area contributed by atoms with Crippen molar-refractivity contribution in [2.75, 3.05) is 13.1 Å². The fourth-order valence-corrected chi connectivity index (χ4v) is 3.29. The van der Waals surface area contributed by atoms with Gasteiger partial charge in [0.05, 0.1) is 28.2 Å². The maximum atomic E-state index is 12.1. The van der Waals surface area contributed by atoms with Gasteiger partial charge >= 0.3 is 12.1 Å². The Labute approximate surface area is 161 Å². The summed E-state index contributed by atoms with van der Waals surface area (Å²) >= 11 is 0. The van der Waals surface area contributed by atoms with Crippen molar-refractivity contribution in [1.82, 2.24) is 19.9 Å². The first-order valence-corrected chi connectivity index (χ1v) is 8.68. The Bertz CT molecular complexity index is 1150. The molecule has 11 heteroatoms. The summed E-state index contributed by atoms with van der Waals surface area (Å²) in [6.45, 7) is 1.90. The van der Waals surface area contributed by atoms with E-state index in [0.717, 1.165) is 42.5 Å². The third kappa shape index (κ3) is 4.22. The highest BCUT2D eigenvalue weighted by molar-refractivity contribution is 5.96. The van der Waals surface area contributed by atoms with Gasteiger partial charge in [-0.3, -0.25) is 4.79 Å². The first-order valence-electron chi connectivity index (χ1n) is 8.68. The molecular weight excluding hydrogens is 391 g/mol. The summed E-state index contributed by atoms with van der Waals surface area (Å²) in [6, 6.07) is 9.25. The van der Waals surface area contributed by atoms with Crippen molar-refractivity contribution >= 4 is 22.5 Å². The summed E-state index contributed by atoms with van der Waals surface area (Å²) in [4.78, 5) is 23.8. The highest BCUT2D eigenvalue weighted by atomic mass is 19.4. The molecule has 4 rings (SSSR count). The number of nitriles is 1. The quantitative estimate of drug-likeness (QED) is 0.568. The maximum absolute atomic E-state index is 12.1. The summed E-state index contributed by atoms with van der Waals surface area (Å²) in [6.07, 6.45) is -3.11. The molecule has 3 heterocycles. The van der Waals surface area contributed by atoms with Gasteiger partial charge in [0.2, 0.25) is 0 Å². The maximum Gasteiger partial charge on any atom is 0.490 e. The van der Waals surface area contributed by atoms with Crippen molar-refractivity contribution in [3.63, 3.8) is 0 Å². The Morgan fingerprint density at radius 2 is 1.97 bits per heavy atom. The van der Waals surface area contributed by atoms with E-state index in [0.29, 0.717) is 17.1 Å². The molecular formula is C18H16F3N5O3. The number of alkyl halides is 3. The molecule has 0 unspecified atom stereocenters. The van der Waals surface area contributed by atoms with Crippen molar-refractivity contribution in [3.05, 3.63) is 45.9 Å². The summed E-state index contributed by atoms with van der Waals surface area (Å²) in [7, 11) is 0. The van der Waals surface area contributed by atoms with Crippen LogP contribution in [0.25, 0.3) is 16.6 Å². The molecule has 0 bridgehead atoms. The number of H-pyrrole nitrogens is 1. The van der Waals surface area contributed by atoms with Crippen molar-refractivity contribution < 1.29 is 23.1 Å². The zero-order valence-corrected chi connectivity index (χ0v) is 15.0. The number of benzene rings is 1. The van der Waals surface area contributed by atoms with Gasteiger partial charge in [-0.15, -0.1) is 0 Å². The lowest BCUT2D eigenvalue weighted by molar-refractivity contribution is -0.192. The van der Waals surface area contributed by atoms with Crippen molar-refractivity contribution in [2.24, 2.45) is 0 Å². The lowest BCUT2D eigenvalue weighted by Gasteiger charge is -2.23. The van der Waals surface area contributed by atoms with Crippen LogP contribution < -0.4 is 10.9 Å². The molecule has 0 radical (unpaired) electrons. The zero-order valence-electron chi connectivity index (χ0n) is 15.0.